The van der Waals surface area contributed by atoms with E-state index in [0.717, 1.165) is 29.4 Å². The van der Waals surface area contributed by atoms with Crippen LogP contribution in [0.4, 0.5) is 5.95 Å². The van der Waals surface area contributed by atoms with Crippen LogP contribution >= 0.6 is 23.2 Å². The van der Waals surface area contributed by atoms with E-state index in [0.29, 0.717) is 34.4 Å². The molecular weight excluding hydrogens is 465 g/mol. The normalized spacial score (nSPS) is 10.9. The Kier molecular flexibility index (Phi) is 8.94. The molecule has 0 saturated heterocycles. The number of methoxy groups -OCH3 is 1. The number of benzene rings is 2. The minimum absolute atomic E-state index is 0.0287. The molecule has 0 amide bonds. The van der Waals surface area contributed by atoms with Crippen LogP contribution in [-0.2, 0) is 13.1 Å². The number of rotatable bonds is 11. The van der Waals surface area contributed by atoms with Gasteiger partial charge in [0.2, 0.25) is 5.95 Å². The number of nitrogens with one attached hydrogen (secondary N) is 1. The summed E-state index contributed by atoms with van der Waals surface area (Å²) in [6, 6.07) is 12.4. The van der Waals surface area contributed by atoms with Crippen molar-refractivity contribution in [2.45, 2.75) is 32.4 Å². The smallest absolute Gasteiger partial charge is 0.355 e. The van der Waals surface area contributed by atoms with Gasteiger partial charge in [-0.1, -0.05) is 47.8 Å². The molecule has 0 aliphatic heterocycles. The highest BCUT2D eigenvalue weighted by Gasteiger charge is 2.14. The Morgan fingerprint density at radius 3 is 2.30 bits per heavy atom. The lowest BCUT2D eigenvalue weighted by atomic mass is 10.2. The maximum Gasteiger partial charge on any atom is 0.355 e. The monoisotopic (exact) mass is 491 g/mol. The Morgan fingerprint density at radius 1 is 0.939 bits per heavy atom. The van der Waals surface area contributed by atoms with Crippen molar-refractivity contribution in [2.75, 3.05) is 25.5 Å². The first-order valence-electron chi connectivity index (χ1n) is 10.7. The van der Waals surface area contributed by atoms with E-state index in [1.807, 2.05) is 24.3 Å². The van der Waals surface area contributed by atoms with E-state index in [1.165, 1.54) is 4.57 Å². The molecule has 33 heavy (non-hydrogen) atoms. The summed E-state index contributed by atoms with van der Waals surface area (Å²) in [5, 5.41) is 3.89. The number of hydrogen-bond donors (Lipinski definition) is 2. The fourth-order valence-corrected chi connectivity index (χ4v) is 3.64. The van der Waals surface area contributed by atoms with Gasteiger partial charge >= 0.3 is 11.4 Å². The molecule has 2 aromatic carbocycles. The number of halogens is 2. The molecule has 0 aliphatic rings. The van der Waals surface area contributed by atoms with Crippen LogP contribution in [0.3, 0.4) is 0 Å². The second kappa shape index (κ2) is 11.9. The second-order valence-electron chi connectivity index (χ2n) is 7.55. The van der Waals surface area contributed by atoms with Crippen LogP contribution in [0.5, 0.6) is 5.75 Å². The zero-order chi connectivity index (χ0) is 23.8. The van der Waals surface area contributed by atoms with Crippen molar-refractivity contribution in [3.05, 3.63) is 84.6 Å². The average Bonchev–Trinajstić information content (AvgIpc) is 2.81. The quantitative estimate of drug-likeness (QED) is 0.398. The molecule has 3 aromatic rings. The molecule has 0 bridgehead atoms. The van der Waals surface area contributed by atoms with Crippen molar-refractivity contribution >= 4 is 29.2 Å². The first kappa shape index (κ1) is 24.8. The van der Waals surface area contributed by atoms with E-state index in [-0.39, 0.29) is 19.0 Å². The number of ether oxygens (including phenoxy) is 1. The largest absolute Gasteiger partial charge is 0.497 e. The van der Waals surface area contributed by atoms with Gasteiger partial charge in [-0.05, 0) is 54.8 Å². The lowest BCUT2D eigenvalue weighted by Gasteiger charge is -2.16. The number of nitrogens with two attached hydrogens (primary N) is 1. The number of nitrogens with zero attached hydrogens (tertiary/aromatic N) is 3. The number of aromatic nitrogens is 3. The van der Waals surface area contributed by atoms with Crippen molar-refractivity contribution in [3.8, 4) is 5.75 Å². The molecular formula is C23H27Cl2N5O3. The molecule has 0 saturated carbocycles. The fourth-order valence-electron chi connectivity index (χ4n) is 3.32. The van der Waals surface area contributed by atoms with Crippen LogP contribution in [0.25, 0.3) is 0 Å². The van der Waals surface area contributed by atoms with E-state index in [2.05, 4.69) is 10.3 Å². The maximum absolute atomic E-state index is 13.4. The highest BCUT2D eigenvalue weighted by Crippen LogP contribution is 2.22. The summed E-state index contributed by atoms with van der Waals surface area (Å²) in [6.45, 7) is 1.47. The lowest BCUT2D eigenvalue weighted by molar-refractivity contribution is 0.414. The summed E-state index contributed by atoms with van der Waals surface area (Å²) in [5.41, 5.74) is 5.97. The van der Waals surface area contributed by atoms with Gasteiger partial charge < -0.3 is 15.8 Å². The highest BCUT2D eigenvalue weighted by atomic mass is 35.5. The van der Waals surface area contributed by atoms with Crippen LogP contribution in [0.2, 0.25) is 10.0 Å². The SMILES string of the molecule is COc1ccc(Cn2c(NCCCCCN)nc(=O)n(Cc3ccc(Cl)c(Cl)c3)c2=O)cc1. The molecule has 1 heterocycles. The van der Waals surface area contributed by atoms with Gasteiger partial charge in [0, 0.05) is 6.54 Å². The first-order chi connectivity index (χ1) is 15.9. The van der Waals surface area contributed by atoms with Gasteiger partial charge in [-0.3, -0.25) is 4.57 Å². The highest BCUT2D eigenvalue weighted by molar-refractivity contribution is 6.42. The third kappa shape index (κ3) is 6.60. The van der Waals surface area contributed by atoms with E-state index in [4.69, 9.17) is 33.7 Å². The minimum Gasteiger partial charge on any atom is -0.497 e. The minimum atomic E-state index is -0.637. The molecule has 176 valence electrons. The molecule has 0 unspecified atom stereocenters. The molecule has 0 radical (unpaired) electrons. The number of hydrogen-bond acceptors (Lipinski definition) is 6. The van der Waals surface area contributed by atoms with Crippen LogP contribution in [0, 0.1) is 0 Å². The molecule has 1 aromatic heterocycles. The Morgan fingerprint density at radius 2 is 1.64 bits per heavy atom. The van der Waals surface area contributed by atoms with Crippen LogP contribution < -0.4 is 27.2 Å². The Labute approximate surface area is 201 Å². The topological polar surface area (TPSA) is 104 Å². The Balaban J connectivity index is 1.95. The summed E-state index contributed by atoms with van der Waals surface area (Å²) in [6.07, 6.45) is 2.71. The first-order valence-corrected chi connectivity index (χ1v) is 11.4. The van der Waals surface area contributed by atoms with E-state index < -0.39 is 11.4 Å². The summed E-state index contributed by atoms with van der Waals surface area (Å²) in [4.78, 5) is 30.3. The summed E-state index contributed by atoms with van der Waals surface area (Å²) in [7, 11) is 1.59. The van der Waals surface area contributed by atoms with Crippen molar-refractivity contribution in [2.24, 2.45) is 5.73 Å². The van der Waals surface area contributed by atoms with Gasteiger partial charge in [0.15, 0.2) is 0 Å². The lowest BCUT2D eigenvalue weighted by Crippen LogP contribution is -2.43. The van der Waals surface area contributed by atoms with Crippen molar-refractivity contribution in [1.82, 2.24) is 14.1 Å². The second-order valence-corrected chi connectivity index (χ2v) is 8.36. The van der Waals surface area contributed by atoms with Gasteiger partial charge in [0.1, 0.15) is 5.75 Å². The summed E-state index contributed by atoms with van der Waals surface area (Å²) in [5.74, 6) is 0.950. The number of anilines is 1. The summed E-state index contributed by atoms with van der Waals surface area (Å²) < 4.78 is 7.75. The van der Waals surface area contributed by atoms with Gasteiger partial charge in [0.25, 0.3) is 0 Å². The Hall–Kier alpha value is -2.81. The molecule has 0 fully saturated rings. The third-order valence-electron chi connectivity index (χ3n) is 5.14. The standard InChI is InChI=1S/C23H27Cl2N5O3/c1-33-18-8-5-16(6-9-18)14-29-21(27-12-4-2-3-11-26)28-22(31)30(23(29)32)15-17-7-10-19(24)20(25)13-17/h5-10,13H,2-4,11-12,14-15,26H2,1H3,(H,27,28,31). The molecule has 3 rings (SSSR count). The van der Waals surface area contributed by atoms with E-state index in [9.17, 15) is 9.59 Å². The predicted octanol–water partition coefficient (Wildman–Crippen LogP) is 3.36. The van der Waals surface area contributed by atoms with Crippen LogP contribution in [0.1, 0.15) is 30.4 Å². The average molecular weight is 492 g/mol. The van der Waals surface area contributed by atoms with E-state index >= 15 is 0 Å². The molecule has 0 atom stereocenters. The van der Waals surface area contributed by atoms with Crippen molar-refractivity contribution in [1.29, 1.82) is 0 Å². The van der Waals surface area contributed by atoms with Crippen LogP contribution in [0.15, 0.2) is 52.1 Å². The number of unbranched alkanes of at least 4 members (excludes halogenated alkanes) is 2. The molecule has 8 nitrogen and oxygen atoms in total. The Bertz CT molecular complexity index is 1190. The van der Waals surface area contributed by atoms with Gasteiger partial charge in [0.05, 0.1) is 30.2 Å². The van der Waals surface area contributed by atoms with Gasteiger partial charge in [-0.2, -0.15) is 4.98 Å². The third-order valence-corrected chi connectivity index (χ3v) is 5.88. The molecule has 0 aliphatic carbocycles. The molecule has 10 heteroatoms. The maximum atomic E-state index is 13.4. The van der Waals surface area contributed by atoms with Crippen molar-refractivity contribution in [3.63, 3.8) is 0 Å². The van der Waals surface area contributed by atoms with Crippen LogP contribution in [-0.4, -0.2) is 34.3 Å². The van der Waals surface area contributed by atoms with Gasteiger partial charge in [-0.25, -0.2) is 14.2 Å². The fraction of sp³-hybridized carbons (Fsp3) is 0.348. The molecule has 3 N–H and O–H groups in total. The van der Waals surface area contributed by atoms with Gasteiger partial charge in [-0.15, -0.1) is 0 Å². The van der Waals surface area contributed by atoms with Crippen molar-refractivity contribution < 1.29 is 4.74 Å². The zero-order valence-corrected chi connectivity index (χ0v) is 19.9. The molecule has 0 spiro atoms. The zero-order valence-electron chi connectivity index (χ0n) is 18.4. The van der Waals surface area contributed by atoms with E-state index in [1.54, 1.807) is 25.3 Å². The summed E-state index contributed by atoms with van der Waals surface area (Å²) >= 11 is 12.1. The predicted molar refractivity (Wildman–Crippen MR) is 132 cm³/mol.